The molecule has 1 saturated heterocycles. The van der Waals surface area contributed by atoms with Crippen LogP contribution in [0.15, 0.2) is 18.2 Å². The maximum atomic E-state index is 12.6. The van der Waals surface area contributed by atoms with Gasteiger partial charge in [0.25, 0.3) is 5.91 Å². The zero-order valence-electron chi connectivity index (χ0n) is 17.0. The van der Waals surface area contributed by atoms with Gasteiger partial charge in [-0.25, -0.2) is 4.79 Å². The molecule has 0 unspecified atom stereocenters. The number of methoxy groups -OCH3 is 2. The number of likely N-dealkylation sites (tertiary alicyclic amines) is 1. The maximum absolute atomic E-state index is 12.6. The molecular weight excluding hydrogens is 394 g/mol. The van der Waals surface area contributed by atoms with Gasteiger partial charge < -0.3 is 19.1 Å². The molecule has 1 aromatic rings. The van der Waals surface area contributed by atoms with E-state index in [0.717, 1.165) is 19.4 Å². The zero-order chi connectivity index (χ0) is 20.8. The molecule has 1 amide bonds. The first-order valence-corrected chi connectivity index (χ1v) is 10.5. The summed E-state index contributed by atoms with van der Waals surface area (Å²) >= 11 is 6.17. The number of esters is 1. The van der Waals surface area contributed by atoms with Gasteiger partial charge in [0.05, 0.1) is 19.2 Å². The lowest BCUT2D eigenvalue weighted by molar-refractivity contribution is -0.151. The number of rotatable bonds is 6. The largest absolute Gasteiger partial charge is 0.493 e. The number of halogens is 1. The van der Waals surface area contributed by atoms with Crippen molar-refractivity contribution in [2.75, 3.05) is 27.4 Å². The van der Waals surface area contributed by atoms with Crippen molar-refractivity contribution in [3.63, 3.8) is 0 Å². The highest BCUT2D eigenvalue weighted by atomic mass is 35.5. The number of amides is 1. The van der Waals surface area contributed by atoms with E-state index in [9.17, 15) is 9.59 Å². The molecule has 1 saturated carbocycles. The van der Waals surface area contributed by atoms with Crippen molar-refractivity contribution in [3.8, 4) is 11.5 Å². The minimum atomic E-state index is -0.568. The molecule has 2 fully saturated rings. The van der Waals surface area contributed by atoms with Gasteiger partial charge in [0.1, 0.15) is 0 Å². The molecule has 1 aliphatic heterocycles. The fraction of sp³-hybridized carbons (Fsp3) is 0.545. The standard InChI is InChI=1S/C22H28ClNO5/c1-27-19-13-15(12-17(23)22(19)28-2)9-10-21(26)29-14-20(25)24-11-5-7-16-6-3-4-8-18(16)24/h9-10,12-13,16,18H,3-8,11,14H2,1-2H3/b10-9+/t16-,18-/m1/s1. The van der Waals surface area contributed by atoms with Gasteiger partial charge in [-0.2, -0.15) is 0 Å². The van der Waals surface area contributed by atoms with Crippen LogP contribution in [0.5, 0.6) is 11.5 Å². The fourth-order valence-corrected chi connectivity index (χ4v) is 4.69. The van der Waals surface area contributed by atoms with E-state index < -0.39 is 5.97 Å². The summed E-state index contributed by atoms with van der Waals surface area (Å²) in [6.45, 7) is 0.538. The number of hydrogen-bond donors (Lipinski definition) is 0. The first kappa shape index (κ1) is 21.5. The van der Waals surface area contributed by atoms with Crippen molar-refractivity contribution in [3.05, 3.63) is 28.8 Å². The van der Waals surface area contributed by atoms with Gasteiger partial charge in [-0.1, -0.05) is 24.4 Å². The summed E-state index contributed by atoms with van der Waals surface area (Å²) in [5, 5.41) is 0.377. The smallest absolute Gasteiger partial charge is 0.331 e. The molecule has 1 aliphatic carbocycles. The number of carbonyl (C=O) groups excluding carboxylic acids is 2. The molecule has 0 bridgehead atoms. The average Bonchev–Trinajstić information content (AvgIpc) is 2.75. The normalized spacial score (nSPS) is 21.6. The summed E-state index contributed by atoms with van der Waals surface area (Å²) in [6, 6.07) is 3.68. The number of hydrogen-bond acceptors (Lipinski definition) is 5. The van der Waals surface area contributed by atoms with Crippen molar-refractivity contribution < 1.29 is 23.8 Å². The van der Waals surface area contributed by atoms with Gasteiger partial charge in [-0.05, 0) is 55.4 Å². The van der Waals surface area contributed by atoms with E-state index in [-0.39, 0.29) is 12.5 Å². The molecule has 158 valence electrons. The first-order chi connectivity index (χ1) is 14.0. The fourth-order valence-electron chi connectivity index (χ4n) is 4.40. The summed E-state index contributed by atoms with van der Waals surface area (Å²) in [4.78, 5) is 26.6. The molecule has 0 aromatic heterocycles. The Hall–Kier alpha value is -2.21. The number of fused-ring (bicyclic) bond motifs is 1. The second-order valence-corrected chi connectivity index (χ2v) is 7.93. The molecule has 0 spiro atoms. The first-order valence-electron chi connectivity index (χ1n) is 10.1. The Morgan fingerprint density at radius 1 is 1.14 bits per heavy atom. The molecule has 6 nitrogen and oxygen atoms in total. The van der Waals surface area contributed by atoms with Crippen LogP contribution in [0.4, 0.5) is 0 Å². The quantitative estimate of drug-likeness (QED) is 0.511. The monoisotopic (exact) mass is 421 g/mol. The Morgan fingerprint density at radius 2 is 1.90 bits per heavy atom. The lowest BCUT2D eigenvalue weighted by Gasteiger charge is -2.44. The van der Waals surface area contributed by atoms with Crippen LogP contribution < -0.4 is 9.47 Å². The molecule has 0 radical (unpaired) electrons. The number of nitrogens with zero attached hydrogens (tertiary/aromatic N) is 1. The van der Waals surface area contributed by atoms with Gasteiger partial charge in [0, 0.05) is 18.7 Å². The number of ether oxygens (including phenoxy) is 3. The van der Waals surface area contributed by atoms with Crippen LogP contribution in [0.25, 0.3) is 6.08 Å². The van der Waals surface area contributed by atoms with Crippen LogP contribution in [-0.4, -0.2) is 50.2 Å². The van der Waals surface area contributed by atoms with E-state index in [1.165, 1.54) is 46.0 Å². The summed E-state index contributed by atoms with van der Waals surface area (Å²) in [6.07, 6.45) is 9.76. The van der Waals surface area contributed by atoms with Gasteiger partial charge >= 0.3 is 5.97 Å². The minimum Gasteiger partial charge on any atom is -0.493 e. The molecular formula is C22H28ClNO5. The molecule has 2 atom stereocenters. The van der Waals surface area contributed by atoms with Crippen LogP contribution in [0, 0.1) is 5.92 Å². The van der Waals surface area contributed by atoms with E-state index in [0.29, 0.717) is 34.0 Å². The SMILES string of the molecule is COc1cc(/C=C/C(=O)OCC(=O)N2CCC[C@H]3CCCC[C@H]32)cc(Cl)c1OC. The highest BCUT2D eigenvalue weighted by molar-refractivity contribution is 6.32. The minimum absolute atomic E-state index is 0.0995. The van der Waals surface area contributed by atoms with Crippen LogP contribution >= 0.6 is 11.6 Å². The summed E-state index contributed by atoms with van der Waals surface area (Å²) in [5.74, 6) is 0.836. The number of piperidine rings is 1. The molecule has 2 aliphatic rings. The summed E-state index contributed by atoms with van der Waals surface area (Å²) in [7, 11) is 3.02. The highest BCUT2D eigenvalue weighted by Crippen LogP contribution is 2.37. The molecule has 7 heteroatoms. The molecule has 1 heterocycles. The van der Waals surface area contributed by atoms with Crippen LogP contribution in [0.1, 0.15) is 44.1 Å². The second kappa shape index (κ2) is 10.0. The Kier molecular flexibility index (Phi) is 7.42. The average molecular weight is 422 g/mol. The van der Waals surface area contributed by atoms with Crippen molar-refractivity contribution in [2.24, 2.45) is 5.92 Å². The van der Waals surface area contributed by atoms with Crippen LogP contribution in [-0.2, 0) is 14.3 Å². The predicted octanol–water partition coefficient (Wildman–Crippen LogP) is 4.09. The maximum Gasteiger partial charge on any atom is 0.331 e. The van der Waals surface area contributed by atoms with E-state index in [1.807, 2.05) is 4.90 Å². The zero-order valence-corrected chi connectivity index (χ0v) is 17.7. The van der Waals surface area contributed by atoms with E-state index in [2.05, 4.69) is 0 Å². The van der Waals surface area contributed by atoms with Crippen molar-refractivity contribution in [1.82, 2.24) is 4.90 Å². The number of benzene rings is 1. The lowest BCUT2D eigenvalue weighted by Crippen LogP contribution is -2.50. The van der Waals surface area contributed by atoms with Gasteiger partial charge in [0.2, 0.25) is 0 Å². The summed E-state index contributed by atoms with van der Waals surface area (Å²) < 4.78 is 15.6. The molecule has 0 N–H and O–H groups in total. The van der Waals surface area contributed by atoms with Crippen molar-refractivity contribution in [2.45, 2.75) is 44.6 Å². The Balaban J connectivity index is 1.55. The van der Waals surface area contributed by atoms with Gasteiger partial charge in [-0.15, -0.1) is 0 Å². The predicted molar refractivity (Wildman–Crippen MR) is 111 cm³/mol. The topological polar surface area (TPSA) is 65.1 Å². The molecule has 29 heavy (non-hydrogen) atoms. The van der Waals surface area contributed by atoms with Gasteiger partial charge in [-0.3, -0.25) is 4.79 Å². The third kappa shape index (κ3) is 5.24. The summed E-state index contributed by atoms with van der Waals surface area (Å²) in [5.41, 5.74) is 0.664. The third-order valence-electron chi connectivity index (χ3n) is 5.77. The Morgan fingerprint density at radius 3 is 2.66 bits per heavy atom. The van der Waals surface area contributed by atoms with Crippen LogP contribution in [0.2, 0.25) is 5.02 Å². The van der Waals surface area contributed by atoms with Crippen LogP contribution in [0.3, 0.4) is 0 Å². The Labute approximate surface area is 176 Å². The Bertz CT molecular complexity index is 777. The van der Waals surface area contributed by atoms with E-state index in [4.69, 9.17) is 25.8 Å². The molecule has 1 aromatic carbocycles. The van der Waals surface area contributed by atoms with Crippen molar-refractivity contribution >= 4 is 29.6 Å². The highest BCUT2D eigenvalue weighted by Gasteiger charge is 2.35. The third-order valence-corrected chi connectivity index (χ3v) is 6.05. The number of carbonyl (C=O) groups is 2. The van der Waals surface area contributed by atoms with Gasteiger partial charge in [0.15, 0.2) is 18.1 Å². The second-order valence-electron chi connectivity index (χ2n) is 7.52. The van der Waals surface area contributed by atoms with Crippen molar-refractivity contribution in [1.29, 1.82) is 0 Å². The van der Waals surface area contributed by atoms with E-state index in [1.54, 1.807) is 18.2 Å². The van der Waals surface area contributed by atoms with E-state index >= 15 is 0 Å². The lowest BCUT2D eigenvalue weighted by atomic mass is 9.78. The molecule has 3 rings (SSSR count).